The van der Waals surface area contributed by atoms with Crippen LogP contribution in [-0.4, -0.2) is 26.3 Å². The molecule has 0 radical (unpaired) electrons. The van der Waals surface area contributed by atoms with E-state index in [9.17, 15) is 9.59 Å². The molecule has 9 heteroatoms. The number of nitrogen functional groups attached to an aromatic ring is 1. The second-order valence-corrected chi connectivity index (χ2v) is 5.49. The maximum absolute atomic E-state index is 12.2. The number of anilines is 2. The molecule has 1 amide bonds. The fourth-order valence-electron chi connectivity index (χ4n) is 1.60. The monoisotopic (exact) mass is 309 g/mol. The number of rotatable bonds is 5. The van der Waals surface area contributed by atoms with Crippen LogP contribution in [0.5, 0.6) is 0 Å². The summed E-state index contributed by atoms with van der Waals surface area (Å²) in [4.78, 5) is 30.0. The number of nitrogens with zero attached hydrogens (tertiary/aromatic N) is 2. The summed E-state index contributed by atoms with van der Waals surface area (Å²) in [5.41, 5.74) is 5.16. The lowest BCUT2D eigenvalue weighted by molar-refractivity contribution is -0.115. The third kappa shape index (κ3) is 4.09. The molecule has 2 rings (SSSR count). The van der Waals surface area contributed by atoms with Crippen LogP contribution in [0.2, 0.25) is 0 Å². The van der Waals surface area contributed by atoms with Crippen LogP contribution in [0.4, 0.5) is 11.6 Å². The van der Waals surface area contributed by atoms with Gasteiger partial charge in [0.05, 0.1) is 5.25 Å². The van der Waals surface area contributed by atoms with Crippen LogP contribution < -0.4 is 16.6 Å². The van der Waals surface area contributed by atoms with Crippen molar-refractivity contribution in [2.75, 3.05) is 11.1 Å². The van der Waals surface area contributed by atoms with E-state index in [1.165, 1.54) is 6.07 Å². The molecule has 4 N–H and O–H groups in total. The quantitative estimate of drug-likeness (QED) is 0.558. The summed E-state index contributed by atoms with van der Waals surface area (Å²) >= 11 is 1.13. The molecule has 21 heavy (non-hydrogen) atoms. The number of nitrogens with one attached hydrogen (secondary N) is 2. The first-order valence-corrected chi connectivity index (χ1v) is 7.13. The van der Waals surface area contributed by atoms with Gasteiger partial charge in [0.15, 0.2) is 11.0 Å². The highest BCUT2D eigenvalue weighted by molar-refractivity contribution is 8.00. The molecule has 0 aliphatic rings. The van der Waals surface area contributed by atoms with Crippen molar-refractivity contribution in [2.45, 2.75) is 30.7 Å². The van der Waals surface area contributed by atoms with Crippen LogP contribution in [0.3, 0.4) is 0 Å². The first kappa shape index (κ1) is 15.1. The second-order valence-electron chi connectivity index (χ2n) is 4.30. The van der Waals surface area contributed by atoms with Gasteiger partial charge in [0, 0.05) is 12.1 Å². The fourth-order valence-corrected chi connectivity index (χ4v) is 2.52. The molecule has 0 aromatic carbocycles. The van der Waals surface area contributed by atoms with E-state index in [1.807, 2.05) is 6.92 Å². The van der Waals surface area contributed by atoms with Crippen LogP contribution >= 0.6 is 11.8 Å². The van der Waals surface area contributed by atoms with Gasteiger partial charge in [-0.3, -0.25) is 9.59 Å². The van der Waals surface area contributed by atoms with E-state index in [0.717, 1.165) is 11.8 Å². The predicted molar refractivity (Wildman–Crippen MR) is 79.1 cm³/mol. The predicted octanol–water partition coefficient (Wildman–Crippen LogP) is 1.16. The number of aryl methyl sites for hydroxylation is 1. The lowest BCUT2D eigenvalue weighted by Gasteiger charge is -2.12. The Morgan fingerprint density at radius 2 is 2.33 bits per heavy atom. The van der Waals surface area contributed by atoms with Gasteiger partial charge in [-0.1, -0.05) is 23.8 Å². The highest BCUT2D eigenvalue weighted by Gasteiger charge is 2.20. The molecule has 0 aliphatic heterocycles. The average Bonchev–Trinajstić information content (AvgIpc) is 2.80. The maximum Gasteiger partial charge on any atom is 0.253 e. The smallest absolute Gasteiger partial charge is 0.253 e. The lowest BCUT2D eigenvalue weighted by Crippen LogP contribution is -2.25. The number of carbonyl (C=O) groups is 1. The standard InChI is InChI=1S/C12H15N5O3S/c1-3-7(11(19)15-9-4-6(2)20-17-9)21-12-14-8(13)5-10(18)16-12/h4-5,7H,3H2,1-2H3,(H,15,17,19)(H3,13,14,16,18)/t7-/m0/s1. The van der Waals surface area contributed by atoms with Gasteiger partial charge in [-0.25, -0.2) is 4.98 Å². The van der Waals surface area contributed by atoms with Gasteiger partial charge in [0.25, 0.3) is 5.56 Å². The molecular weight excluding hydrogens is 294 g/mol. The Labute approximate surface area is 124 Å². The Bertz CT molecular complexity index is 696. The molecule has 0 spiro atoms. The molecule has 1 atom stereocenters. The van der Waals surface area contributed by atoms with Gasteiger partial charge in [0.2, 0.25) is 5.91 Å². The minimum absolute atomic E-state index is 0.114. The maximum atomic E-state index is 12.2. The summed E-state index contributed by atoms with van der Waals surface area (Å²) in [5.74, 6) is 0.822. The lowest BCUT2D eigenvalue weighted by atomic mass is 10.3. The topological polar surface area (TPSA) is 127 Å². The molecule has 2 heterocycles. The van der Waals surface area contributed by atoms with Gasteiger partial charge in [-0.05, 0) is 13.3 Å². The Kier molecular flexibility index (Phi) is 4.63. The normalized spacial score (nSPS) is 12.1. The van der Waals surface area contributed by atoms with E-state index >= 15 is 0 Å². The molecule has 0 saturated heterocycles. The third-order valence-corrected chi connectivity index (χ3v) is 3.78. The Hall–Kier alpha value is -2.29. The highest BCUT2D eigenvalue weighted by atomic mass is 32.2. The van der Waals surface area contributed by atoms with Crippen molar-refractivity contribution >= 4 is 29.3 Å². The van der Waals surface area contributed by atoms with Crippen LogP contribution in [0, 0.1) is 6.92 Å². The number of H-pyrrole nitrogens is 1. The van der Waals surface area contributed by atoms with E-state index in [2.05, 4.69) is 20.4 Å². The van der Waals surface area contributed by atoms with Crippen molar-refractivity contribution in [3.05, 3.63) is 28.2 Å². The van der Waals surface area contributed by atoms with Crippen LogP contribution in [0.15, 0.2) is 26.6 Å². The number of amides is 1. The zero-order chi connectivity index (χ0) is 15.4. The van der Waals surface area contributed by atoms with Gasteiger partial charge in [-0.15, -0.1) is 0 Å². The van der Waals surface area contributed by atoms with Crippen LogP contribution in [-0.2, 0) is 4.79 Å². The summed E-state index contributed by atoms with van der Waals surface area (Å²) in [6.45, 7) is 3.59. The van der Waals surface area contributed by atoms with Crippen molar-refractivity contribution in [1.82, 2.24) is 15.1 Å². The van der Waals surface area contributed by atoms with Gasteiger partial charge >= 0.3 is 0 Å². The second kappa shape index (κ2) is 6.44. The highest BCUT2D eigenvalue weighted by Crippen LogP contribution is 2.23. The number of hydrogen-bond acceptors (Lipinski definition) is 7. The first-order chi connectivity index (χ1) is 9.97. The van der Waals surface area contributed by atoms with E-state index in [-0.39, 0.29) is 17.3 Å². The zero-order valence-corrected chi connectivity index (χ0v) is 12.4. The average molecular weight is 309 g/mol. The molecule has 0 bridgehead atoms. The fraction of sp³-hybridized carbons (Fsp3) is 0.333. The van der Waals surface area contributed by atoms with Crippen LogP contribution in [0.25, 0.3) is 0 Å². The van der Waals surface area contributed by atoms with E-state index in [1.54, 1.807) is 13.0 Å². The van der Waals surface area contributed by atoms with E-state index < -0.39 is 5.25 Å². The van der Waals surface area contributed by atoms with Crippen LogP contribution in [0.1, 0.15) is 19.1 Å². The van der Waals surface area contributed by atoms with E-state index in [0.29, 0.717) is 23.2 Å². The molecular formula is C12H15N5O3S. The van der Waals surface area contributed by atoms with Crippen molar-refractivity contribution in [3.63, 3.8) is 0 Å². The zero-order valence-electron chi connectivity index (χ0n) is 11.5. The Balaban J connectivity index is 2.08. The number of aromatic nitrogens is 3. The SMILES string of the molecule is CC[C@H](Sc1nc(N)cc(=O)[nH]1)C(=O)Nc1cc(C)on1. The molecule has 8 nitrogen and oxygen atoms in total. The van der Waals surface area contributed by atoms with Crippen molar-refractivity contribution in [1.29, 1.82) is 0 Å². The van der Waals surface area contributed by atoms with Crippen molar-refractivity contribution < 1.29 is 9.32 Å². The summed E-state index contributed by atoms with van der Waals surface area (Å²) in [5, 5.41) is 6.21. The number of thioether (sulfide) groups is 1. The summed E-state index contributed by atoms with van der Waals surface area (Å²) in [7, 11) is 0. The summed E-state index contributed by atoms with van der Waals surface area (Å²) < 4.78 is 4.88. The Morgan fingerprint density at radius 3 is 2.90 bits per heavy atom. The molecule has 2 aromatic rings. The molecule has 0 saturated carbocycles. The molecule has 0 fully saturated rings. The van der Waals surface area contributed by atoms with Crippen molar-refractivity contribution in [2.24, 2.45) is 0 Å². The minimum atomic E-state index is -0.438. The Morgan fingerprint density at radius 1 is 1.57 bits per heavy atom. The molecule has 0 aliphatic carbocycles. The van der Waals surface area contributed by atoms with Gasteiger partial charge in [-0.2, -0.15) is 0 Å². The third-order valence-electron chi connectivity index (χ3n) is 2.54. The van der Waals surface area contributed by atoms with Gasteiger partial charge < -0.3 is 20.6 Å². The minimum Gasteiger partial charge on any atom is -0.383 e. The molecule has 0 unspecified atom stereocenters. The summed E-state index contributed by atoms with van der Waals surface area (Å²) in [6, 6.07) is 2.80. The molecule has 112 valence electrons. The largest absolute Gasteiger partial charge is 0.383 e. The van der Waals surface area contributed by atoms with Gasteiger partial charge in [0.1, 0.15) is 11.6 Å². The van der Waals surface area contributed by atoms with E-state index in [4.69, 9.17) is 10.3 Å². The molecule has 2 aromatic heterocycles. The number of nitrogens with two attached hydrogens (primary N) is 1. The number of hydrogen-bond donors (Lipinski definition) is 3. The first-order valence-electron chi connectivity index (χ1n) is 6.25. The number of aromatic amines is 1. The summed E-state index contributed by atoms with van der Waals surface area (Å²) in [6.07, 6.45) is 0.547. The van der Waals surface area contributed by atoms with Crippen molar-refractivity contribution in [3.8, 4) is 0 Å². The number of carbonyl (C=O) groups excluding carboxylic acids is 1.